The zero-order valence-corrected chi connectivity index (χ0v) is 11.4. The first-order valence-electron chi connectivity index (χ1n) is 6.78. The van der Waals surface area contributed by atoms with Crippen molar-refractivity contribution >= 4 is 5.97 Å². The first kappa shape index (κ1) is 13.3. The monoisotopic (exact) mass is 278 g/mol. The molecule has 0 amide bonds. The third-order valence-electron chi connectivity index (χ3n) is 3.38. The van der Waals surface area contributed by atoms with E-state index in [1.54, 1.807) is 0 Å². The van der Waals surface area contributed by atoms with E-state index in [0.29, 0.717) is 12.0 Å². The third kappa shape index (κ3) is 3.08. The van der Waals surface area contributed by atoms with Gasteiger partial charge in [0.15, 0.2) is 5.43 Å². The highest BCUT2D eigenvalue weighted by Gasteiger charge is 2.29. The Morgan fingerprint density at radius 1 is 0.857 bits per heavy atom. The third-order valence-corrected chi connectivity index (χ3v) is 3.38. The number of hydrogen-bond donors (Lipinski definition) is 0. The molecule has 0 atom stereocenters. The van der Waals surface area contributed by atoms with Crippen LogP contribution in [0, 0.1) is 0 Å². The molecule has 0 saturated carbocycles. The predicted molar refractivity (Wildman–Crippen MR) is 79.9 cm³/mol. The minimum Gasteiger partial charge on any atom is -0.457 e. The highest BCUT2D eigenvalue weighted by atomic mass is 16.5. The van der Waals surface area contributed by atoms with E-state index < -0.39 is 5.97 Å². The van der Waals surface area contributed by atoms with Crippen LogP contribution in [-0.2, 0) is 17.8 Å². The Balaban J connectivity index is 1.61. The van der Waals surface area contributed by atoms with Gasteiger partial charge in [-0.25, -0.2) is 4.79 Å². The molecular formula is C18H14O3. The van der Waals surface area contributed by atoms with E-state index in [1.165, 1.54) is 0 Å². The van der Waals surface area contributed by atoms with E-state index in [0.717, 1.165) is 11.1 Å². The van der Waals surface area contributed by atoms with Crippen LogP contribution in [-0.4, -0.2) is 5.97 Å². The van der Waals surface area contributed by atoms with Crippen molar-refractivity contribution in [3.8, 4) is 0 Å². The van der Waals surface area contributed by atoms with Crippen LogP contribution in [0.4, 0.5) is 0 Å². The summed E-state index contributed by atoms with van der Waals surface area (Å²) in [5, 5.41) is 0. The molecule has 0 aliphatic carbocycles. The molecule has 0 aliphatic heterocycles. The summed E-state index contributed by atoms with van der Waals surface area (Å²) in [6.45, 7) is 0.190. The van der Waals surface area contributed by atoms with Crippen LogP contribution in [0.3, 0.4) is 0 Å². The Hall–Kier alpha value is -2.68. The predicted octanol–water partition coefficient (Wildman–Crippen LogP) is 2.87. The molecule has 3 nitrogen and oxygen atoms in total. The molecule has 0 bridgehead atoms. The zero-order valence-electron chi connectivity index (χ0n) is 11.4. The van der Waals surface area contributed by atoms with Gasteiger partial charge in [0.1, 0.15) is 12.2 Å². The molecule has 0 unspecified atom stereocenters. The number of ether oxygens (including phenoxy) is 1. The first-order chi connectivity index (χ1) is 10.3. The second-order valence-corrected chi connectivity index (χ2v) is 4.91. The van der Waals surface area contributed by atoms with E-state index in [2.05, 4.69) is 0 Å². The van der Waals surface area contributed by atoms with Gasteiger partial charge in [0.2, 0.25) is 0 Å². The molecule has 3 aromatic carbocycles. The van der Waals surface area contributed by atoms with Crippen LogP contribution in [0.1, 0.15) is 27.0 Å². The fraction of sp³-hybridized carbons (Fsp3) is 0.111. The van der Waals surface area contributed by atoms with Crippen molar-refractivity contribution in [2.24, 2.45) is 0 Å². The molecule has 0 aromatic heterocycles. The average molecular weight is 278 g/mol. The van der Waals surface area contributed by atoms with Crippen LogP contribution in [0.15, 0.2) is 65.5 Å². The van der Waals surface area contributed by atoms with Gasteiger partial charge in [0.25, 0.3) is 0 Å². The largest absolute Gasteiger partial charge is 0.457 e. The summed E-state index contributed by atoms with van der Waals surface area (Å²) >= 11 is 0. The van der Waals surface area contributed by atoms with Crippen LogP contribution in [0.25, 0.3) is 0 Å². The molecule has 3 rings (SSSR count). The van der Waals surface area contributed by atoms with Gasteiger partial charge in [-0.1, -0.05) is 60.7 Å². The van der Waals surface area contributed by atoms with Gasteiger partial charge in [-0.2, -0.15) is 0 Å². The number of esters is 1. The van der Waals surface area contributed by atoms with Crippen LogP contribution in [0.2, 0.25) is 0 Å². The van der Waals surface area contributed by atoms with E-state index in [9.17, 15) is 9.59 Å². The molecule has 0 heterocycles. The molecule has 0 spiro atoms. The summed E-state index contributed by atoms with van der Waals surface area (Å²) in [4.78, 5) is 23.6. The fourth-order valence-corrected chi connectivity index (χ4v) is 2.19. The van der Waals surface area contributed by atoms with E-state index in [1.807, 2.05) is 60.7 Å². The number of carbonyl (C=O) groups excluding carboxylic acids is 1. The molecule has 0 N–H and O–H groups in total. The number of hydrogen-bond acceptors (Lipinski definition) is 3. The van der Waals surface area contributed by atoms with Crippen molar-refractivity contribution in [2.75, 3.05) is 0 Å². The molecule has 0 aliphatic rings. The van der Waals surface area contributed by atoms with Crippen molar-refractivity contribution in [3.05, 3.63) is 93.1 Å². The first-order valence-corrected chi connectivity index (χ1v) is 6.78. The van der Waals surface area contributed by atoms with E-state index in [-0.39, 0.29) is 17.6 Å². The minimum atomic E-state index is -0.519. The van der Waals surface area contributed by atoms with Crippen LogP contribution < -0.4 is 5.43 Å². The molecule has 3 heteroatoms. The summed E-state index contributed by atoms with van der Waals surface area (Å²) in [5.74, 6) is -0.519. The summed E-state index contributed by atoms with van der Waals surface area (Å²) in [6, 6.07) is 19.0. The second kappa shape index (κ2) is 5.75. The number of carbonyl (C=O) groups is 1. The van der Waals surface area contributed by atoms with Crippen molar-refractivity contribution in [3.63, 3.8) is 0 Å². The molecule has 0 radical (unpaired) electrons. The van der Waals surface area contributed by atoms with Gasteiger partial charge in [-0.05, 0) is 11.1 Å². The van der Waals surface area contributed by atoms with Gasteiger partial charge in [0, 0.05) is 12.0 Å². The summed E-state index contributed by atoms with van der Waals surface area (Å²) in [7, 11) is 0. The molecule has 0 fully saturated rings. The smallest absolute Gasteiger partial charge is 0.342 e. The Morgan fingerprint density at radius 3 is 2.05 bits per heavy atom. The summed E-state index contributed by atoms with van der Waals surface area (Å²) in [6.07, 6.45) is 0.495. The maximum Gasteiger partial charge on any atom is 0.342 e. The van der Waals surface area contributed by atoms with Gasteiger partial charge in [0.05, 0.1) is 0 Å². The number of benzene rings is 2. The van der Waals surface area contributed by atoms with Gasteiger partial charge < -0.3 is 4.74 Å². The molecule has 104 valence electrons. The number of rotatable bonds is 5. The second-order valence-electron chi connectivity index (χ2n) is 4.91. The Bertz CT molecular complexity index is 750. The lowest BCUT2D eigenvalue weighted by atomic mass is 10.1. The Kier molecular flexibility index (Phi) is 3.65. The van der Waals surface area contributed by atoms with E-state index in [4.69, 9.17) is 4.74 Å². The quantitative estimate of drug-likeness (QED) is 0.674. The van der Waals surface area contributed by atoms with Crippen molar-refractivity contribution in [2.45, 2.75) is 13.0 Å². The van der Waals surface area contributed by atoms with Gasteiger partial charge in [-0.15, -0.1) is 0 Å². The summed E-state index contributed by atoms with van der Waals surface area (Å²) < 4.78 is 5.17. The summed E-state index contributed by atoms with van der Waals surface area (Å²) in [5.41, 5.74) is 2.54. The van der Waals surface area contributed by atoms with Gasteiger partial charge in [-0.3, -0.25) is 4.79 Å². The standard InChI is InChI=1S/C18H14O3/c19-17-15(11-13-7-3-1-4-8-13)16(17)18(20)21-12-14-9-5-2-6-10-14/h1-10H,11-12H2. The maximum absolute atomic E-state index is 11.9. The zero-order chi connectivity index (χ0) is 14.7. The topological polar surface area (TPSA) is 43.4 Å². The lowest BCUT2D eigenvalue weighted by Gasteiger charge is -2.01. The lowest BCUT2D eigenvalue weighted by molar-refractivity contribution is 0.0477. The molecule has 3 aromatic rings. The lowest BCUT2D eigenvalue weighted by Crippen LogP contribution is -2.03. The molecule has 21 heavy (non-hydrogen) atoms. The normalized spacial score (nSPS) is 10.7. The van der Waals surface area contributed by atoms with Crippen LogP contribution in [0.5, 0.6) is 0 Å². The van der Waals surface area contributed by atoms with Crippen LogP contribution >= 0.6 is 0 Å². The van der Waals surface area contributed by atoms with E-state index >= 15 is 0 Å². The Labute approximate surface area is 122 Å². The van der Waals surface area contributed by atoms with Crippen molar-refractivity contribution in [1.29, 1.82) is 0 Å². The fourth-order valence-electron chi connectivity index (χ4n) is 2.19. The minimum absolute atomic E-state index is 0.170. The molecular weight excluding hydrogens is 264 g/mol. The SMILES string of the molecule is O=C(OCc1ccccc1)c1c(Cc2ccccc2)c1=O. The maximum atomic E-state index is 11.9. The highest BCUT2D eigenvalue weighted by Crippen LogP contribution is 2.17. The van der Waals surface area contributed by atoms with Gasteiger partial charge >= 0.3 is 5.97 Å². The van der Waals surface area contributed by atoms with Crippen molar-refractivity contribution in [1.82, 2.24) is 0 Å². The highest BCUT2D eigenvalue weighted by molar-refractivity contribution is 5.95. The average Bonchev–Trinajstić information content (AvgIpc) is 3.16. The van der Waals surface area contributed by atoms with Crippen molar-refractivity contribution < 1.29 is 9.53 Å². The Morgan fingerprint density at radius 2 is 1.43 bits per heavy atom. The molecule has 0 saturated heterocycles.